The highest BCUT2D eigenvalue weighted by molar-refractivity contribution is 5.03. The minimum atomic E-state index is -1.84. The first-order chi connectivity index (χ1) is 17.8. The van der Waals surface area contributed by atoms with Gasteiger partial charge in [-0.2, -0.15) is 0 Å². The van der Waals surface area contributed by atoms with Crippen LogP contribution in [0.1, 0.15) is 19.8 Å². The Morgan fingerprint density at radius 3 is 2.18 bits per heavy atom. The number of nitrogens with one attached hydrogen (secondary N) is 1. The van der Waals surface area contributed by atoms with E-state index in [1.165, 1.54) is 6.92 Å². The smallest absolute Gasteiger partial charge is 0.197 e. The van der Waals surface area contributed by atoms with Gasteiger partial charge >= 0.3 is 0 Å². The van der Waals surface area contributed by atoms with Crippen LogP contribution in [0.2, 0.25) is 0 Å². The van der Waals surface area contributed by atoms with E-state index >= 15 is 0 Å². The van der Waals surface area contributed by atoms with Crippen molar-refractivity contribution >= 4 is 0 Å². The molecule has 4 aliphatic rings. The number of hydrogen-bond donors (Lipinski definition) is 11. The van der Waals surface area contributed by atoms with Gasteiger partial charge in [-0.05, 0) is 26.8 Å². The highest BCUT2D eigenvalue weighted by Gasteiger charge is 2.57. The molecule has 15 N–H and O–H groups in total. The van der Waals surface area contributed by atoms with Crippen molar-refractivity contribution in [2.45, 2.75) is 123 Å². The molecule has 0 bridgehead atoms. The second kappa shape index (κ2) is 11.7. The molecule has 0 aromatic rings. The highest BCUT2D eigenvalue weighted by atomic mass is 16.8. The first-order valence-electron chi connectivity index (χ1n) is 12.9. The molecular weight excluding hydrogens is 510 g/mol. The molecule has 0 aromatic carbocycles. The van der Waals surface area contributed by atoms with Gasteiger partial charge in [0, 0.05) is 12.1 Å². The molecule has 1 saturated carbocycles. The van der Waals surface area contributed by atoms with Crippen molar-refractivity contribution in [2.75, 3.05) is 13.7 Å². The van der Waals surface area contributed by atoms with Crippen LogP contribution >= 0.6 is 0 Å². The van der Waals surface area contributed by atoms with Crippen molar-refractivity contribution in [1.82, 2.24) is 5.32 Å². The number of hydrogen-bond acceptors (Lipinski definition) is 16. The normalized spacial score (nSPS) is 55.9. The first-order valence-corrected chi connectivity index (χ1v) is 12.9. The largest absolute Gasteiger partial charge is 0.394 e. The van der Waals surface area contributed by atoms with Crippen LogP contribution in [-0.2, 0) is 23.7 Å². The molecule has 3 aliphatic heterocycles. The van der Waals surface area contributed by atoms with E-state index < -0.39 is 110 Å². The van der Waals surface area contributed by atoms with Gasteiger partial charge in [0.1, 0.15) is 42.7 Å². The second-order valence-electron chi connectivity index (χ2n) is 10.8. The van der Waals surface area contributed by atoms with Crippen LogP contribution in [0.15, 0.2) is 0 Å². The Morgan fingerprint density at radius 1 is 0.868 bits per heavy atom. The lowest BCUT2D eigenvalue weighted by Gasteiger charge is -2.53. The third kappa shape index (κ3) is 5.47. The number of aliphatic hydroxyl groups is 6. The maximum Gasteiger partial charge on any atom is 0.197 e. The minimum Gasteiger partial charge on any atom is -0.394 e. The third-order valence-electron chi connectivity index (χ3n) is 8.13. The Hall–Kier alpha value is -0.640. The monoisotopic (exact) mass is 553 g/mol. The van der Waals surface area contributed by atoms with E-state index in [1.54, 1.807) is 7.05 Å². The SMILES string of the molecule is CNC1C(OC2(C)OC(CO)C(N)C(O)C2O)OC2CC(N)C(OC3C(N)CC(N)C(O)C3O)OC2C1O. The average molecular weight is 554 g/mol. The lowest BCUT2D eigenvalue weighted by Crippen LogP contribution is -2.72. The molecule has 0 spiro atoms. The number of ether oxygens (including phenoxy) is 5. The summed E-state index contributed by atoms with van der Waals surface area (Å²) in [5.74, 6) is -1.84. The molecule has 0 radical (unpaired) electrons. The van der Waals surface area contributed by atoms with Crippen LogP contribution in [0.25, 0.3) is 0 Å². The van der Waals surface area contributed by atoms with Gasteiger partial charge in [-0.1, -0.05) is 0 Å². The van der Waals surface area contributed by atoms with Gasteiger partial charge in [0.2, 0.25) is 0 Å². The van der Waals surface area contributed by atoms with E-state index in [0.717, 1.165) is 0 Å². The fourth-order valence-electron chi connectivity index (χ4n) is 5.76. The molecule has 4 rings (SSSR count). The molecule has 1 aliphatic carbocycles. The molecular formula is C22H43N5O11. The predicted octanol–water partition coefficient (Wildman–Crippen LogP) is -6.56. The molecule has 4 fully saturated rings. The Morgan fingerprint density at radius 2 is 1.55 bits per heavy atom. The van der Waals surface area contributed by atoms with Crippen LogP contribution in [0.4, 0.5) is 0 Å². The van der Waals surface area contributed by atoms with Gasteiger partial charge in [-0.25, -0.2) is 0 Å². The van der Waals surface area contributed by atoms with Crippen LogP contribution in [0.3, 0.4) is 0 Å². The van der Waals surface area contributed by atoms with E-state index in [0.29, 0.717) is 0 Å². The van der Waals surface area contributed by atoms with Gasteiger partial charge in [0.25, 0.3) is 0 Å². The Bertz CT molecular complexity index is 801. The Labute approximate surface area is 220 Å². The topological polar surface area (TPSA) is 284 Å². The number of nitrogens with two attached hydrogens (primary N) is 4. The van der Waals surface area contributed by atoms with Crippen molar-refractivity contribution in [1.29, 1.82) is 0 Å². The Kier molecular flexibility index (Phi) is 9.33. The molecule has 16 nitrogen and oxygen atoms in total. The minimum absolute atomic E-state index is 0.149. The first kappa shape index (κ1) is 30.3. The van der Waals surface area contributed by atoms with E-state index in [4.69, 9.17) is 46.6 Å². The molecule has 17 atom stereocenters. The van der Waals surface area contributed by atoms with Gasteiger partial charge < -0.3 is 82.6 Å². The molecule has 222 valence electrons. The number of fused-ring (bicyclic) bond motifs is 1. The van der Waals surface area contributed by atoms with E-state index in [2.05, 4.69) is 5.32 Å². The van der Waals surface area contributed by atoms with Crippen molar-refractivity contribution in [3.8, 4) is 0 Å². The maximum absolute atomic E-state index is 11.2. The predicted molar refractivity (Wildman–Crippen MR) is 128 cm³/mol. The van der Waals surface area contributed by atoms with Gasteiger partial charge in [-0.15, -0.1) is 0 Å². The zero-order valence-electron chi connectivity index (χ0n) is 21.4. The summed E-state index contributed by atoms with van der Waals surface area (Å²) in [6, 6.07) is -4.11. The summed E-state index contributed by atoms with van der Waals surface area (Å²) >= 11 is 0. The second-order valence-corrected chi connectivity index (χ2v) is 10.8. The van der Waals surface area contributed by atoms with Crippen LogP contribution < -0.4 is 28.3 Å². The molecule has 17 unspecified atom stereocenters. The third-order valence-corrected chi connectivity index (χ3v) is 8.13. The fourth-order valence-corrected chi connectivity index (χ4v) is 5.76. The molecule has 0 aromatic heterocycles. The van der Waals surface area contributed by atoms with E-state index in [9.17, 15) is 30.6 Å². The maximum atomic E-state index is 11.2. The van der Waals surface area contributed by atoms with E-state index in [1.807, 2.05) is 0 Å². The molecule has 16 heteroatoms. The summed E-state index contributed by atoms with van der Waals surface area (Å²) in [6.45, 7) is 0.848. The zero-order valence-corrected chi connectivity index (χ0v) is 21.4. The van der Waals surface area contributed by atoms with Gasteiger partial charge in [0.05, 0.1) is 36.9 Å². The summed E-state index contributed by atoms with van der Waals surface area (Å²) in [5.41, 5.74) is 24.1. The summed E-state index contributed by atoms with van der Waals surface area (Å²) in [5, 5.41) is 65.4. The van der Waals surface area contributed by atoms with Crippen molar-refractivity contribution in [3.63, 3.8) is 0 Å². The van der Waals surface area contributed by atoms with Crippen molar-refractivity contribution in [2.24, 2.45) is 22.9 Å². The number of rotatable bonds is 6. The van der Waals surface area contributed by atoms with Gasteiger partial charge in [0.15, 0.2) is 18.4 Å². The lowest BCUT2D eigenvalue weighted by atomic mass is 9.84. The highest BCUT2D eigenvalue weighted by Crippen LogP contribution is 2.38. The summed E-state index contributed by atoms with van der Waals surface area (Å²) in [7, 11) is 1.56. The summed E-state index contributed by atoms with van der Waals surface area (Å²) < 4.78 is 29.7. The van der Waals surface area contributed by atoms with Crippen LogP contribution in [0, 0.1) is 0 Å². The lowest BCUT2D eigenvalue weighted by molar-refractivity contribution is -0.407. The Balaban J connectivity index is 1.47. The fraction of sp³-hybridized carbons (Fsp3) is 1.00. The molecule has 38 heavy (non-hydrogen) atoms. The van der Waals surface area contributed by atoms with E-state index in [-0.39, 0.29) is 12.8 Å². The summed E-state index contributed by atoms with van der Waals surface area (Å²) in [4.78, 5) is 0. The van der Waals surface area contributed by atoms with Crippen molar-refractivity contribution in [3.05, 3.63) is 0 Å². The standard InChI is InChI=1S/C22H43N5O11/c1-22(19(33)14(30)11(26)10(5-28)37-22)38-21-12(27-2)15(31)18-9(34-21)4-8(25)20(36-18)35-17-7(24)3-6(23)13(29)16(17)32/h6-21,27-33H,3-5,23-26H2,1-2H3. The summed E-state index contributed by atoms with van der Waals surface area (Å²) in [6.07, 6.45) is -12.5. The molecule has 0 amide bonds. The number of likely N-dealkylation sites (N-methyl/N-ethyl adjacent to an activating group) is 1. The molecule has 3 heterocycles. The van der Waals surface area contributed by atoms with Gasteiger partial charge in [-0.3, -0.25) is 0 Å². The number of aliphatic hydroxyl groups excluding tert-OH is 6. The molecule has 3 saturated heterocycles. The van der Waals surface area contributed by atoms with Crippen molar-refractivity contribution < 1.29 is 54.3 Å². The van der Waals surface area contributed by atoms with Crippen LogP contribution in [0.5, 0.6) is 0 Å². The quantitative estimate of drug-likeness (QED) is 0.146. The average Bonchev–Trinajstić information content (AvgIpc) is 2.87. The zero-order chi connectivity index (χ0) is 28.1. The van der Waals surface area contributed by atoms with Crippen LogP contribution in [-0.4, -0.2) is 148 Å².